The van der Waals surface area contributed by atoms with Crippen LogP contribution in [0.3, 0.4) is 0 Å². The second kappa shape index (κ2) is 8.64. The molecule has 0 fully saturated rings. The SMILES string of the molecule is CSc1cc(C(F)(C(F)(F)F)C(F)(F)C(F)(F)F)cc(Cl)c1-c1cc(C#N)ccc1C(N)=O. The summed E-state index contributed by atoms with van der Waals surface area (Å²) in [5.74, 6) is -7.95. The van der Waals surface area contributed by atoms with E-state index < -0.39 is 45.3 Å². The van der Waals surface area contributed by atoms with E-state index in [0.29, 0.717) is 11.8 Å². The summed E-state index contributed by atoms with van der Waals surface area (Å²) in [7, 11) is 0. The fraction of sp³-hybridized carbons (Fsp3) is 0.263. The summed E-state index contributed by atoms with van der Waals surface area (Å²) in [6.07, 6.45) is -12.4. The van der Waals surface area contributed by atoms with Gasteiger partial charge < -0.3 is 5.73 Å². The minimum atomic E-state index is -6.90. The molecule has 0 saturated heterocycles. The molecular weight excluding hydrogens is 511 g/mol. The second-order valence-corrected chi connectivity index (χ2v) is 7.76. The number of halogens is 10. The molecule has 3 nitrogen and oxygen atoms in total. The number of alkyl halides is 9. The molecule has 0 aromatic heterocycles. The van der Waals surface area contributed by atoms with Crippen molar-refractivity contribution in [1.29, 1.82) is 5.26 Å². The molecule has 33 heavy (non-hydrogen) atoms. The van der Waals surface area contributed by atoms with Gasteiger partial charge in [-0.1, -0.05) is 11.6 Å². The average molecular weight is 521 g/mol. The largest absolute Gasteiger partial charge is 0.457 e. The predicted molar refractivity (Wildman–Crippen MR) is 102 cm³/mol. The molecule has 0 aliphatic heterocycles. The summed E-state index contributed by atoms with van der Waals surface area (Å²) in [5, 5.41) is 8.18. The first kappa shape index (κ1) is 26.7. The summed E-state index contributed by atoms with van der Waals surface area (Å²) in [5.41, 5.74) is -3.95. The first-order valence-corrected chi connectivity index (χ1v) is 9.96. The first-order chi connectivity index (χ1) is 14.9. The molecule has 14 heteroatoms. The standard InChI is InChI=1S/C19H10ClF9N2OS/c1-33-13-6-9(16(21,18(24,25)26)17(22,23)19(27,28)29)5-12(20)14(13)11-4-8(7-30)2-3-10(11)15(31)32/h2-6H,1H3,(H2,31,32). The van der Waals surface area contributed by atoms with Crippen LogP contribution in [0.25, 0.3) is 11.1 Å². The lowest BCUT2D eigenvalue weighted by Gasteiger charge is -2.36. The molecule has 178 valence electrons. The Hall–Kier alpha value is -2.59. The molecule has 2 N–H and O–H groups in total. The van der Waals surface area contributed by atoms with Crippen LogP contribution in [-0.2, 0) is 5.67 Å². The topological polar surface area (TPSA) is 66.9 Å². The number of benzene rings is 2. The van der Waals surface area contributed by atoms with Gasteiger partial charge in [0.1, 0.15) is 0 Å². The van der Waals surface area contributed by atoms with Crippen molar-refractivity contribution in [3.8, 4) is 17.2 Å². The Bertz CT molecular complexity index is 1140. The number of nitrogens with two attached hydrogens (primary N) is 1. The normalized spacial score (nSPS) is 14.5. The summed E-state index contributed by atoms with van der Waals surface area (Å²) in [6, 6.07) is 5.12. The van der Waals surface area contributed by atoms with Crippen LogP contribution in [0.5, 0.6) is 0 Å². The van der Waals surface area contributed by atoms with E-state index >= 15 is 0 Å². The number of carbonyl (C=O) groups is 1. The number of nitriles is 1. The van der Waals surface area contributed by atoms with Crippen molar-refractivity contribution in [3.63, 3.8) is 0 Å². The molecule has 1 unspecified atom stereocenters. The van der Waals surface area contributed by atoms with Crippen LogP contribution >= 0.6 is 23.4 Å². The number of nitrogens with zero attached hydrogens (tertiary/aromatic N) is 1. The highest BCUT2D eigenvalue weighted by atomic mass is 35.5. The van der Waals surface area contributed by atoms with Crippen molar-refractivity contribution in [2.24, 2.45) is 5.73 Å². The molecule has 0 aliphatic rings. The average Bonchev–Trinajstić information content (AvgIpc) is 2.69. The van der Waals surface area contributed by atoms with Crippen LogP contribution < -0.4 is 5.73 Å². The van der Waals surface area contributed by atoms with Crippen molar-refractivity contribution in [2.45, 2.75) is 28.8 Å². The highest BCUT2D eigenvalue weighted by Gasteiger charge is 2.81. The van der Waals surface area contributed by atoms with Gasteiger partial charge in [-0.25, -0.2) is 4.39 Å². The molecule has 0 spiro atoms. The van der Waals surface area contributed by atoms with Gasteiger partial charge in [-0.2, -0.15) is 40.4 Å². The number of hydrogen-bond donors (Lipinski definition) is 1. The lowest BCUT2D eigenvalue weighted by Crippen LogP contribution is -2.59. The second-order valence-electron chi connectivity index (χ2n) is 6.50. The van der Waals surface area contributed by atoms with E-state index in [1.807, 2.05) is 0 Å². The van der Waals surface area contributed by atoms with Crippen LogP contribution in [0.15, 0.2) is 35.2 Å². The summed E-state index contributed by atoms with van der Waals surface area (Å²) >= 11 is 6.45. The number of amides is 1. The van der Waals surface area contributed by atoms with Gasteiger partial charge in [0.15, 0.2) is 0 Å². The van der Waals surface area contributed by atoms with Crippen LogP contribution in [0, 0.1) is 11.3 Å². The Morgan fingerprint density at radius 3 is 2.00 bits per heavy atom. The van der Waals surface area contributed by atoms with Gasteiger partial charge in [0, 0.05) is 26.6 Å². The van der Waals surface area contributed by atoms with Crippen LogP contribution in [0.4, 0.5) is 39.5 Å². The number of carbonyl (C=O) groups excluding carboxylic acids is 1. The molecule has 2 aromatic carbocycles. The van der Waals surface area contributed by atoms with Crippen molar-refractivity contribution >= 4 is 29.3 Å². The first-order valence-electron chi connectivity index (χ1n) is 8.36. The van der Waals surface area contributed by atoms with Crippen molar-refractivity contribution in [2.75, 3.05) is 6.26 Å². The lowest BCUT2D eigenvalue weighted by molar-refractivity contribution is -0.389. The maximum atomic E-state index is 14.9. The zero-order valence-electron chi connectivity index (χ0n) is 16.0. The Labute approximate surface area is 189 Å². The predicted octanol–water partition coefficient (Wildman–Crippen LogP) is 6.62. The van der Waals surface area contributed by atoms with E-state index in [0.717, 1.165) is 12.1 Å². The Kier molecular flexibility index (Phi) is 6.98. The minimum absolute atomic E-state index is 0.0342. The molecular formula is C19H10ClF9N2OS. The van der Waals surface area contributed by atoms with E-state index in [9.17, 15) is 44.3 Å². The van der Waals surface area contributed by atoms with Crippen LogP contribution in [0.1, 0.15) is 21.5 Å². The van der Waals surface area contributed by atoms with Crippen LogP contribution in [-0.4, -0.2) is 30.4 Å². The summed E-state index contributed by atoms with van der Waals surface area (Å²) < 4.78 is 121. The maximum Gasteiger partial charge on any atom is 0.457 e. The van der Waals surface area contributed by atoms with Gasteiger partial charge in [-0.05, 0) is 42.2 Å². The molecule has 0 heterocycles. The van der Waals surface area contributed by atoms with Gasteiger partial charge in [-0.3, -0.25) is 4.79 Å². The van der Waals surface area contributed by atoms with E-state index in [4.69, 9.17) is 22.6 Å². The minimum Gasteiger partial charge on any atom is -0.366 e. The van der Waals surface area contributed by atoms with Gasteiger partial charge in [0.05, 0.1) is 11.6 Å². The van der Waals surface area contributed by atoms with Crippen LogP contribution in [0.2, 0.25) is 5.02 Å². The third kappa shape index (κ3) is 4.33. The van der Waals surface area contributed by atoms with Crippen molar-refractivity contribution in [3.05, 3.63) is 52.0 Å². The maximum absolute atomic E-state index is 14.9. The highest BCUT2D eigenvalue weighted by molar-refractivity contribution is 7.98. The molecule has 0 bridgehead atoms. The van der Waals surface area contributed by atoms with Crippen molar-refractivity contribution < 1.29 is 44.3 Å². The Morgan fingerprint density at radius 2 is 1.58 bits per heavy atom. The number of rotatable bonds is 5. The molecule has 0 saturated carbocycles. The van der Waals surface area contributed by atoms with Gasteiger partial charge in [-0.15, -0.1) is 11.8 Å². The molecule has 1 atom stereocenters. The smallest absolute Gasteiger partial charge is 0.366 e. The number of hydrogen-bond acceptors (Lipinski definition) is 3. The Balaban J connectivity index is 2.96. The lowest BCUT2D eigenvalue weighted by atomic mass is 9.86. The van der Waals surface area contributed by atoms with Gasteiger partial charge in [0.2, 0.25) is 5.91 Å². The number of thioether (sulfide) groups is 1. The monoisotopic (exact) mass is 520 g/mol. The molecule has 1 amide bonds. The molecule has 2 aromatic rings. The quantitative estimate of drug-likeness (QED) is 0.356. The van der Waals surface area contributed by atoms with Gasteiger partial charge in [0.25, 0.3) is 0 Å². The van der Waals surface area contributed by atoms with E-state index in [-0.39, 0.29) is 34.4 Å². The third-order valence-electron chi connectivity index (χ3n) is 4.53. The van der Waals surface area contributed by atoms with E-state index in [1.54, 1.807) is 6.07 Å². The fourth-order valence-electron chi connectivity index (χ4n) is 2.96. The summed E-state index contributed by atoms with van der Waals surface area (Å²) in [4.78, 5) is 11.3. The molecule has 0 radical (unpaired) electrons. The molecule has 0 aliphatic carbocycles. The zero-order valence-corrected chi connectivity index (χ0v) is 17.6. The number of primary amides is 1. The highest BCUT2D eigenvalue weighted by Crippen LogP contribution is 2.59. The van der Waals surface area contributed by atoms with E-state index in [2.05, 4.69) is 0 Å². The van der Waals surface area contributed by atoms with Gasteiger partial charge >= 0.3 is 23.9 Å². The van der Waals surface area contributed by atoms with Crippen molar-refractivity contribution in [1.82, 2.24) is 0 Å². The third-order valence-corrected chi connectivity index (χ3v) is 5.59. The summed E-state index contributed by atoms with van der Waals surface area (Å²) in [6.45, 7) is 0. The Morgan fingerprint density at radius 1 is 1.00 bits per heavy atom. The van der Waals surface area contributed by atoms with E-state index in [1.165, 1.54) is 12.3 Å². The fourth-order valence-corrected chi connectivity index (χ4v) is 4.00. The zero-order chi connectivity index (χ0) is 25.6. The molecule has 2 rings (SSSR count).